The van der Waals surface area contributed by atoms with Crippen molar-refractivity contribution in [2.75, 3.05) is 5.32 Å². The van der Waals surface area contributed by atoms with Crippen LogP contribution in [0.2, 0.25) is 5.02 Å². The first-order chi connectivity index (χ1) is 7.74. The van der Waals surface area contributed by atoms with Gasteiger partial charge >= 0.3 is 0 Å². The third kappa shape index (κ3) is 2.94. The van der Waals surface area contributed by atoms with E-state index < -0.39 is 5.95 Å². The van der Waals surface area contributed by atoms with Crippen molar-refractivity contribution in [1.29, 1.82) is 0 Å². The van der Waals surface area contributed by atoms with Crippen LogP contribution in [0.25, 0.3) is 0 Å². The summed E-state index contributed by atoms with van der Waals surface area (Å²) in [6.07, 6.45) is 1.43. The third-order valence-corrected chi connectivity index (χ3v) is 2.39. The van der Waals surface area contributed by atoms with Gasteiger partial charge in [-0.1, -0.05) is 23.7 Å². The Bertz CT molecular complexity index is 471. The lowest BCUT2D eigenvalue weighted by atomic mass is 10.2. The maximum atomic E-state index is 12.8. The average Bonchev–Trinajstić information content (AvgIpc) is 2.28. The van der Waals surface area contributed by atoms with Crippen molar-refractivity contribution in [3.63, 3.8) is 0 Å². The van der Waals surface area contributed by atoms with Gasteiger partial charge in [-0.25, -0.2) is 4.98 Å². The van der Waals surface area contributed by atoms with Crippen molar-refractivity contribution in [2.45, 2.75) is 6.54 Å². The lowest BCUT2D eigenvalue weighted by molar-refractivity contribution is 0.584. The second-order valence-electron chi connectivity index (χ2n) is 3.35. The highest BCUT2D eigenvalue weighted by Crippen LogP contribution is 2.12. The predicted molar refractivity (Wildman–Crippen MR) is 63.0 cm³/mol. The van der Waals surface area contributed by atoms with E-state index in [-0.39, 0.29) is 0 Å². The largest absolute Gasteiger partial charge is 0.381 e. The fraction of sp³-hybridized carbons (Fsp3) is 0.0833. The molecule has 0 aliphatic heterocycles. The molecule has 1 N–H and O–H groups in total. The van der Waals surface area contributed by atoms with Gasteiger partial charge in [-0.2, -0.15) is 4.39 Å². The summed E-state index contributed by atoms with van der Waals surface area (Å²) in [5.74, 6) is -0.485. The zero-order valence-corrected chi connectivity index (χ0v) is 9.21. The normalized spacial score (nSPS) is 10.1. The summed E-state index contributed by atoms with van der Waals surface area (Å²) >= 11 is 5.77. The molecule has 0 radical (unpaired) electrons. The smallest absolute Gasteiger partial charge is 0.214 e. The molecule has 0 saturated carbocycles. The molecule has 2 nitrogen and oxygen atoms in total. The molecule has 1 heterocycles. The lowest BCUT2D eigenvalue weighted by Gasteiger charge is -2.06. The van der Waals surface area contributed by atoms with Gasteiger partial charge in [0.2, 0.25) is 5.95 Å². The average molecular weight is 237 g/mol. The Morgan fingerprint density at radius 1 is 1.19 bits per heavy atom. The van der Waals surface area contributed by atoms with Crippen molar-refractivity contribution in [3.8, 4) is 0 Å². The van der Waals surface area contributed by atoms with Gasteiger partial charge in [0.1, 0.15) is 0 Å². The van der Waals surface area contributed by atoms with Gasteiger partial charge in [-0.3, -0.25) is 0 Å². The number of rotatable bonds is 3. The molecule has 4 heteroatoms. The molecule has 2 aromatic rings. The molecule has 0 atom stereocenters. The van der Waals surface area contributed by atoms with Crippen molar-refractivity contribution in [1.82, 2.24) is 4.98 Å². The standard InChI is InChI=1S/C12H10ClFN2/c13-10-3-1-9(2-4-10)8-16-11-5-6-15-12(14)7-11/h1-7H,8H2,(H,15,16). The molecule has 0 bridgehead atoms. The SMILES string of the molecule is Fc1cc(NCc2ccc(Cl)cc2)ccn1. The van der Waals surface area contributed by atoms with Crippen LogP contribution in [0.4, 0.5) is 10.1 Å². The minimum absolute atomic E-state index is 0.485. The van der Waals surface area contributed by atoms with Crippen LogP contribution in [0.5, 0.6) is 0 Å². The van der Waals surface area contributed by atoms with Gasteiger partial charge in [0.05, 0.1) is 0 Å². The van der Waals surface area contributed by atoms with Crippen molar-refractivity contribution < 1.29 is 4.39 Å². The molecule has 0 amide bonds. The molecule has 0 unspecified atom stereocenters. The van der Waals surface area contributed by atoms with E-state index in [0.717, 1.165) is 5.56 Å². The summed E-state index contributed by atoms with van der Waals surface area (Å²) in [6.45, 7) is 0.626. The fourth-order valence-corrected chi connectivity index (χ4v) is 1.44. The Morgan fingerprint density at radius 3 is 2.62 bits per heavy atom. The Labute approximate surface area is 98.1 Å². The molecule has 0 aliphatic rings. The highest BCUT2D eigenvalue weighted by atomic mass is 35.5. The number of halogens is 2. The van der Waals surface area contributed by atoms with E-state index in [9.17, 15) is 4.39 Å². The molecular formula is C12H10ClFN2. The molecule has 1 aromatic heterocycles. The quantitative estimate of drug-likeness (QED) is 0.826. The summed E-state index contributed by atoms with van der Waals surface area (Å²) in [7, 11) is 0. The first kappa shape index (κ1) is 10.9. The van der Waals surface area contributed by atoms with E-state index in [1.807, 2.05) is 24.3 Å². The Balaban J connectivity index is 1.99. The zero-order chi connectivity index (χ0) is 11.4. The number of aromatic nitrogens is 1. The number of pyridine rings is 1. The molecule has 0 aliphatic carbocycles. The first-order valence-electron chi connectivity index (χ1n) is 4.84. The number of benzene rings is 1. The van der Waals surface area contributed by atoms with Crippen molar-refractivity contribution >= 4 is 17.3 Å². The molecule has 0 saturated heterocycles. The molecule has 0 spiro atoms. The predicted octanol–water partition coefficient (Wildman–Crippen LogP) is 3.49. The van der Waals surface area contributed by atoms with Crippen LogP contribution in [0.3, 0.4) is 0 Å². The molecule has 0 fully saturated rings. The number of nitrogens with zero attached hydrogens (tertiary/aromatic N) is 1. The molecule has 16 heavy (non-hydrogen) atoms. The zero-order valence-electron chi connectivity index (χ0n) is 8.45. The molecule has 1 aromatic carbocycles. The van der Waals surface area contributed by atoms with Crippen LogP contribution >= 0.6 is 11.6 Å². The number of anilines is 1. The summed E-state index contributed by atoms with van der Waals surface area (Å²) < 4.78 is 12.8. The summed E-state index contributed by atoms with van der Waals surface area (Å²) in [5, 5.41) is 3.81. The summed E-state index contributed by atoms with van der Waals surface area (Å²) in [4.78, 5) is 3.48. The highest BCUT2D eigenvalue weighted by Gasteiger charge is 1.96. The number of hydrogen-bond acceptors (Lipinski definition) is 2. The van der Waals surface area contributed by atoms with Gasteiger partial charge in [0, 0.05) is 29.5 Å². The van der Waals surface area contributed by atoms with Gasteiger partial charge in [-0.15, -0.1) is 0 Å². The van der Waals surface area contributed by atoms with E-state index in [2.05, 4.69) is 10.3 Å². The molecule has 2 rings (SSSR count). The molecular weight excluding hydrogens is 227 g/mol. The van der Waals surface area contributed by atoms with E-state index >= 15 is 0 Å². The van der Waals surface area contributed by atoms with E-state index in [4.69, 9.17) is 11.6 Å². The Hall–Kier alpha value is -1.61. The van der Waals surface area contributed by atoms with Crippen molar-refractivity contribution in [3.05, 3.63) is 59.1 Å². The lowest BCUT2D eigenvalue weighted by Crippen LogP contribution is -1.99. The number of nitrogens with one attached hydrogen (secondary N) is 1. The van der Waals surface area contributed by atoms with E-state index in [1.54, 1.807) is 6.07 Å². The maximum Gasteiger partial charge on any atom is 0.214 e. The monoisotopic (exact) mass is 236 g/mol. The second kappa shape index (κ2) is 4.94. The Kier molecular flexibility index (Phi) is 3.37. The van der Waals surface area contributed by atoms with Crippen LogP contribution < -0.4 is 5.32 Å². The van der Waals surface area contributed by atoms with E-state index in [1.165, 1.54) is 12.3 Å². The number of hydrogen-bond donors (Lipinski definition) is 1. The first-order valence-corrected chi connectivity index (χ1v) is 5.22. The van der Waals surface area contributed by atoms with Crippen molar-refractivity contribution in [2.24, 2.45) is 0 Å². The van der Waals surface area contributed by atoms with Crippen LogP contribution in [0, 0.1) is 5.95 Å². The van der Waals surface area contributed by atoms with E-state index in [0.29, 0.717) is 17.3 Å². The minimum atomic E-state index is -0.485. The van der Waals surface area contributed by atoms with Gasteiger partial charge in [0.15, 0.2) is 0 Å². The van der Waals surface area contributed by atoms with Crippen LogP contribution in [0.15, 0.2) is 42.6 Å². The van der Waals surface area contributed by atoms with Gasteiger partial charge < -0.3 is 5.32 Å². The molecule has 82 valence electrons. The second-order valence-corrected chi connectivity index (χ2v) is 3.78. The third-order valence-electron chi connectivity index (χ3n) is 2.14. The minimum Gasteiger partial charge on any atom is -0.381 e. The van der Waals surface area contributed by atoms with Crippen LogP contribution in [0.1, 0.15) is 5.56 Å². The van der Waals surface area contributed by atoms with Crippen LogP contribution in [-0.4, -0.2) is 4.98 Å². The Morgan fingerprint density at radius 2 is 1.94 bits per heavy atom. The van der Waals surface area contributed by atoms with Gasteiger partial charge in [-0.05, 0) is 23.8 Å². The topological polar surface area (TPSA) is 24.9 Å². The highest BCUT2D eigenvalue weighted by molar-refractivity contribution is 6.30. The van der Waals surface area contributed by atoms with Crippen LogP contribution in [-0.2, 0) is 6.54 Å². The summed E-state index contributed by atoms with van der Waals surface area (Å²) in [6, 6.07) is 10.6. The fourth-order valence-electron chi connectivity index (χ4n) is 1.32. The summed E-state index contributed by atoms with van der Waals surface area (Å²) in [5.41, 5.74) is 1.80. The van der Waals surface area contributed by atoms with Gasteiger partial charge in [0.25, 0.3) is 0 Å². The maximum absolute atomic E-state index is 12.8.